The van der Waals surface area contributed by atoms with Crippen molar-refractivity contribution in [3.8, 4) is 0 Å². The van der Waals surface area contributed by atoms with Gasteiger partial charge in [0.25, 0.3) is 0 Å². The SMILES string of the molecule is CCC(COC)Nc1ccccc1CN(CC)CC. The number of rotatable bonds is 9. The first kappa shape index (κ1) is 16.0. The largest absolute Gasteiger partial charge is 0.383 e. The monoisotopic (exact) mass is 264 g/mol. The van der Waals surface area contributed by atoms with Gasteiger partial charge in [0.1, 0.15) is 0 Å². The van der Waals surface area contributed by atoms with E-state index >= 15 is 0 Å². The van der Waals surface area contributed by atoms with Gasteiger partial charge in [-0.2, -0.15) is 0 Å². The zero-order valence-electron chi connectivity index (χ0n) is 12.8. The van der Waals surface area contributed by atoms with Crippen molar-refractivity contribution in [3.63, 3.8) is 0 Å². The van der Waals surface area contributed by atoms with Crippen molar-refractivity contribution in [1.82, 2.24) is 4.90 Å². The average molecular weight is 264 g/mol. The van der Waals surface area contributed by atoms with Gasteiger partial charge in [-0.15, -0.1) is 0 Å². The average Bonchev–Trinajstić information content (AvgIpc) is 2.45. The van der Waals surface area contributed by atoms with Crippen LogP contribution in [-0.4, -0.2) is 37.7 Å². The van der Waals surface area contributed by atoms with Gasteiger partial charge in [0.05, 0.1) is 6.61 Å². The minimum atomic E-state index is 0.378. The molecular formula is C16H28N2O. The van der Waals surface area contributed by atoms with Crippen LogP contribution < -0.4 is 5.32 Å². The first-order chi connectivity index (χ1) is 9.24. The Morgan fingerprint density at radius 3 is 2.42 bits per heavy atom. The van der Waals surface area contributed by atoms with Crippen molar-refractivity contribution in [2.75, 3.05) is 32.1 Å². The van der Waals surface area contributed by atoms with Crippen LogP contribution >= 0.6 is 0 Å². The summed E-state index contributed by atoms with van der Waals surface area (Å²) < 4.78 is 5.26. The minimum Gasteiger partial charge on any atom is -0.383 e. The van der Waals surface area contributed by atoms with Crippen molar-refractivity contribution < 1.29 is 4.74 Å². The Balaban J connectivity index is 2.76. The number of hydrogen-bond donors (Lipinski definition) is 1. The number of benzene rings is 1. The lowest BCUT2D eigenvalue weighted by Crippen LogP contribution is -2.26. The number of anilines is 1. The summed E-state index contributed by atoms with van der Waals surface area (Å²) in [6, 6.07) is 8.95. The molecular weight excluding hydrogens is 236 g/mol. The van der Waals surface area contributed by atoms with Crippen LogP contribution in [0, 0.1) is 0 Å². The Hall–Kier alpha value is -1.06. The summed E-state index contributed by atoms with van der Waals surface area (Å²) in [5.74, 6) is 0. The van der Waals surface area contributed by atoms with E-state index in [4.69, 9.17) is 4.74 Å². The number of methoxy groups -OCH3 is 1. The molecule has 1 rings (SSSR count). The van der Waals surface area contributed by atoms with E-state index in [9.17, 15) is 0 Å². The van der Waals surface area contributed by atoms with Crippen molar-refractivity contribution in [2.45, 2.75) is 39.8 Å². The van der Waals surface area contributed by atoms with Gasteiger partial charge in [0.2, 0.25) is 0 Å². The molecule has 0 radical (unpaired) electrons. The normalized spacial score (nSPS) is 12.7. The molecule has 3 heteroatoms. The second-order valence-electron chi connectivity index (χ2n) is 4.82. The van der Waals surface area contributed by atoms with Crippen LogP contribution in [0.25, 0.3) is 0 Å². The smallest absolute Gasteiger partial charge is 0.0663 e. The lowest BCUT2D eigenvalue weighted by molar-refractivity contribution is 0.184. The predicted molar refractivity (Wildman–Crippen MR) is 82.6 cm³/mol. The number of nitrogens with one attached hydrogen (secondary N) is 1. The van der Waals surface area contributed by atoms with Gasteiger partial charge in [0.15, 0.2) is 0 Å². The van der Waals surface area contributed by atoms with Crippen LogP contribution in [0.4, 0.5) is 5.69 Å². The van der Waals surface area contributed by atoms with Gasteiger partial charge in [-0.1, -0.05) is 39.0 Å². The molecule has 0 aliphatic carbocycles. The maximum atomic E-state index is 5.26. The molecule has 1 unspecified atom stereocenters. The molecule has 0 aromatic heterocycles. The van der Waals surface area contributed by atoms with Crippen LogP contribution in [0.2, 0.25) is 0 Å². The Morgan fingerprint density at radius 1 is 1.16 bits per heavy atom. The van der Waals surface area contributed by atoms with E-state index < -0.39 is 0 Å². The Labute approximate surface area is 118 Å². The topological polar surface area (TPSA) is 24.5 Å². The van der Waals surface area contributed by atoms with Crippen LogP contribution in [0.15, 0.2) is 24.3 Å². The minimum absolute atomic E-state index is 0.378. The highest BCUT2D eigenvalue weighted by Gasteiger charge is 2.10. The molecule has 1 atom stereocenters. The standard InChI is InChI=1S/C16H28N2O/c1-5-15(13-19-4)17-16-11-9-8-10-14(16)12-18(6-2)7-3/h8-11,15,17H,5-7,12-13H2,1-4H3. The lowest BCUT2D eigenvalue weighted by atomic mass is 10.1. The van der Waals surface area contributed by atoms with E-state index in [1.807, 2.05) is 0 Å². The van der Waals surface area contributed by atoms with Gasteiger partial charge >= 0.3 is 0 Å². The summed E-state index contributed by atoms with van der Waals surface area (Å²) in [5, 5.41) is 3.60. The lowest BCUT2D eigenvalue weighted by Gasteiger charge is -2.23. The predicted octanol–water partition coefficient (Wildman–Crippen LogP) is 3.37. The summed E-state index contributed by atoms with van der Waals surface area (Å²) >= 11 is 0. The van der Waals surface area contributed by atoms with E-state index in [-0.39, 0.29) is 0 Å². The molecule has 0 spiro atoms. The Morgan fingerprint density at radius 2 is 1.84 bits per heavy atom. The molecule has 1 aromatic carbocycles. The van der Waals surface area contributed by atoms with Crippen LogP contribution in [0.1, 0.15) is 32.8 Å². The molecule has 1 aromatic rings. The van der Waals surface area contributed by atoms with Crippen molar-refractivity contribution in [3.05, 3.63) is 29.8 Å². The number of hydrogen-bond acceptors (Lipinski definition) is 3. The zero-order chi connectivity index (χ0) is 14.1. The van der Waals surface area contributed by atoms with E-state index in [1.165, 1.54) is 11.3 Å². The number of para-hydroxylation sites is 1. The summed E-state index contributed by atoms with van der Waals surface area (Å²) in [4.78, 5) is 2.43. The molecule has 0 saturated heterocycles. The summed E-state index contributed by atoms with van der Waals surface area (Å²) in [5.41, 5.74) is 2.60. The molecule has 0 fully saturated rings. The van der Waals surface area contributed by atoms with Gasteiger partial charge in [-0.05, 0) is 31.1 Å². The van der Waals surface area contributed by atoms with E-state index in [0.29, 0.717) is 6.04 Å². The number of nitrogens with zero attached hydrogens (tertiary/aromatic N) is 1. The molecule has 0 amide bonds. The molecule has 0 aliphatic rings. The van der Waals surface area contributed by atoms with E-state index in [0.717, 1.165) is 32.7 Å². The zero-order valence-corrected chi connectivity index (χ0v) is 12.8. The molecule has 1 N–H and O–H groups in total. The molecule has 0 saturated carbocycles. The summed E-state index contributed by atoms with van der Waals surface area (Å²) in [7, 11) is 1.76. The molecule has 0 heterocycles. The third-order valence-electron chi connectivity index (χ3n) is 3.53. The molecule has 19 heavy (non-hydrogen) atoms. The highest BCUT2D eigenvalue weighted by molar-refractivity contribution is 5.51. The highest BCUT2D eigenvalue weighted by Crippen LogP contribution is 2.19. The molecule has 0 bridgehead atoms. The van der Waals surface area contributed by atoms with Crippen LogP contribution in [0.5, 0.6) is 0 Å². The summed E-state index contributed by atoms with van der Waals surface area (Å²) in [6.45, 7) is 10.5. The van der Waals surface area contributed by atoms with Crippen LogP contribution in [0.3, 0.4) is 0 Å². The third kappa shape index (κ3) is 5.21. The van der Waals surface area contributed by atoms with Gasteiger partial charge in [0, 0.05) is 25.4 Å². The highest BCUT2D eigenvalue weighted by atomic mass is 16.5. The van der Waals surface area contributed by atoms with Gasteiger partial charge < -0.3 is 10.1 Å². The second kappa shape index (κ2) is 8.94. The first-order valence-corrected chi connectivity index (χ1v) is 7.30. The third-order valence-corrected chi connectivity index (χ3v) is 3.53. The molecule has 3 nitrogen and oxygen atoms in total. The fraction of sp³-hybridized carbons (Fsp3) is 0.625. The fourth-order valence-corrected chi connectivity index (χ4v) is 2.17. The molecule has 108 valence electrons. The van der Waals surface area contributed by atoms with Crippen molar-refractivity contribution in [2.24, 2.45) is 0 Å². The quantitative estimate of drug-likeness (QED) is 0.740. The number of ether oxygens (including phenoxy) is 1. The van der Waals surface area contributed by atoms with E-state index in [2.05, 4.69) is 55.3 Å². The maximum absolute atomic E-state index is 5.26. The Kier molecular flexibility index (Phi) is 7.53. The van der Waals surface area contributed by atoms with Gasteiger partial charge in [-0.3, -0.25) is 4.90 Å². The fourth-order valence-electron chi connectivity index (χ4n) is 2.17. The molecule has 0 aliphatic heterocycles. The van der Waals surface area contributed by atoms with Crippen LogP contribution in [-0.2, 0) is 11.3 Å². The summed E-state index contributed by atoms with van der Waals surface area (Å²) in [6.07, 6.45) is 1.06. The second-order valence-corrected chi connectivity index (χ2v) is 4.82. The Bertz CT molecular complexity index is 350. The van der Waals surface area contributed by atoms with E-state index in [1.54, 1.807) is 7.11 Å². The van der Waals surface area contributed by atoms with Crippen molar-refractivity contribution in [1.29, 1.82) is 0 Å². The first-order valence-electron chi connectivity index (χ1n) is 7.30. The van der Waals surface area contributed by atoms with Gasteiger partial charge in [-0.25, -0.2) is 0 Å². The van der Waals surface area contributed by atoms with Crippen molar-refractivity contribution >= 4 is 5.69 Å². The maximum Gasteiger partial charge on any atom is 0.0663 e.